The zero-order valence-electron chi connectivity index (χ0n) is 11.9. The molecule has 0 saturated heterocycles. The van der Waals surface area contributed by atoms with Crippen LogP contribution in [0.3, 0.4) is 0 Å². The van der Waals surface area contributed by atoms with Gasteiger partial charge in [0.2, 0.25) is 0 Å². The van der Waals surface area contributed by atoms with Crippen LogP contribution >= 0.6 is 15.9 Å². The van der Waals surface area contributed by atoms with E-state index in [1.54, 1.807) is 0 Å². The molecule has 1 aliphatic heterocycles. The van der Waals surface area contributed by atoms with Crippen LogP contribution in [0.15, 0.2) is 22.7 Å². The van der Waals surface area contributed by atoms with Crippen molar-refractivity contribution in [1.82, 2.24) is 9.97 Å². The Morgan fingerprint density at radius 3 is 2.85 bits per heavy atom. The fourth-order valence-electron chi connectivity index (χ4n) is 2.56. The van der Waals surface area contributed by atoms with E-state index in [9.17, 15) is 0 Å². The van der Waals surface area contributed by atoms with Gasteiger partial charge in [0.05, 0.1) is 10.2 Å². The molecule has 0 spiro atoms. The van der Waals surface area contributed by atoms with E-state index in [0.717, 1.165) is 40.3 Å². The summed E-state index contributed by atoms with van der Waals surface area (Å²) in [4.78, 5) is 11.5. The van der Waals surface area contributed by atoms with Gasteiger partial charge in [-0.25, -0.2) is 9.97 Å². The lowest BCUT2D eigenvalue weighted by atomic mass is 10.1. The van der Waals surface area contributed by atoms with E-state index >= 15 is 0 Å². The Labute approximate surface area is 127 Å². The minimum absolute atomic E-state index is 0.771. The molecular formula is C15H17BrN4. The minimum atomic E-state index is 0.771. The molecule has 0 bridgehead atoms. The van der Waals surface area contributed by atoms with Gasteiger partial charge in [-0.05, 0) is 53.0 Å². The van der Waals surface area contributed by atoms with Crippen molar-refractivity contribution < 1.29 is 0 Å². The number of aromatic nitrogens is 2. The number of aryl methyl sites for hydroxylation is 1. The van der Waals surface area contributed by atoms with Crippen LogP contribution in [0.4, 0.5) is 11.5 Å². The molecule has 3 rings (SSSR count). The number of anilines is 2. The van der Waals surface area contributed by atoms with Gasteiger partial charge in [-0.1, -0.05) is 0 Å². The first-order valence-electron chi connectivity index (χ1n) is 6.66. The third-order valence-corrected chi connectivity index (χ3v) is 4.67. The molecule has 1 N–H and O–H groups in total. The Kier molecular flexibility index (Phi) is 3.38. The normalized spacial score (nSPS) is 13.5. The maximum Gasteiger partial charge on any atom is 0.161 e. The van der Waals surface area contributed by atoms with Gasteiger partial charge in [0.25, 0.3) is 0 Å². The molecule has 4 nitrogen and oxygen atoms in total. The van der Waals surface area contributed by atoms with Crippen LogP contribution in [0.5, 0.6) is 0 Å². The first-order valence-corrected chi connectivity index (χ1v) is 7.46. The van der Waals surface area contributed by atoms with E-state index in [2.05, 4.69) is 61.4 Å². The van der Waals surface area contributed by atoms with Crippen molar-refractivity contribution in [3.05, 3.63) is 33.9 Å². The number of likely N-dealkylation sites (N-methyl/N-ethyl adjacent to an activating group) is 1. The van der Waals surface area contributed by atoms with Gasteiger partial charge < -0.3 is 10.2 Å². The number of nitrogens with zero attached hydrogens (tertiary/aromatic N) is 3. The van der Waals surface area contributed by atoms with Crippen molar-refractivity contribution in [2.24, 2.45) is 0 Å². The van der Waals surface area contributed by atoms with Crippen molar-refractivity contribution in [3.63, 3.8) is 0 Å². The first kappa shape index (κ1) is 13.4. The number of rotatable bonds is 2. The molecule has 104 valence electrons. The van der Waals surface area contributed by atoms with Gasteiger partial charge in [-0.2, -0.15) is 0 Å². The van der Waals surface area contributed by atoms with Crippen molar-refractivity contribution in [2.75, 3.05) is 30.9 Å². The Hall–Kier alpha value is -1.62. The molecule has 1 aliphatic rings. The summed E-state index contributed by atoms with van der Waals surface area (Å²) < 4.78 is 0.921. The molecule has 0 saturated carbocycles. The van der Waals surface area contributed by atoms with Crippen LogP contribution in [-0.4, -0.2) is 30.6 Å². The third kappa shape index (κ3) is 2.16. The van der Waals surface area contributed by atoms with Crippen LogP contribution in [0.1, 0.15) is 11.3 Å². The van der Waals surface area contributed by atoms with Crippen molar-refractivity contribution in [1.29, 1.82) is 0 Å². The van der Waals surface area contributed by atoms with E-state index in [0.29, 0.717) is 0 Å². The minimum Gasteiger partial charge on any atom is -0.374 e. The second-order valence-corrected chi connectivity index (χ2v) is 5.85. The molecule has 1 aromatic carbocycles. The molecule has 0 fully saturated rings. The third-order valence-electron chi connectivity index (χ3n) is 3.72. The summed E-state index contributed by atoms with van der Waals surface area (Å²) >= 11 is 3.51. The second kappa shape index (κ2) is 5.05. The van der Waals surface area contributed by atoms with Crippen LogP contribution in [0.2, 0.25) is 0 Å². The largest absolute Gasteiger partial charge is 0.374 e. The van der Waals surface area contributed by atoms with Crippen LogP contribution in [0, 0.1) is 6.92 Å². The molecule has 2 aromatic rings. The Morgan fingerprint density at radius 1 is 1.30 bits per heavy atom. The zero-order valence-corrected chi connectivity index (χ0v) is 13.5. The predicted molar refractivity (Wildman–Crippen MR) is 86.4 cm³/mol. The lowest BCUT2D eigenvalue weighted by Crippen LogP contribution is -2.12. The summed E-state index contributed by atoms with van der Waals surface area (Å²) in [7, 11) is 4.00. The average Bonchev–Trinajstić information content (AvgIpc) is 2.83. The first-order chi connectivity index (χ1) is 9.60. The molecule has 1 aromatic heterocycles. The summed E-state index contributed by atoms with van der Waals surface area (Å²) in [5.74, 6) is 1.59. The molecule has 0 unspecified atom stereocenters. The predicted octanol–water partition coefficient (Wildman–Crippen LogP) is 3.25. The Bertz CT molecular complexity index is 669. The lowest BCUT2D eigenvalue weighted by Gasteiger charge is -2.13. The molecular weight excluding hydrogens is 316 g/mol. The Balaban J connectivity index is 2.08. The van der Waals surface area contributed by atoms with Crippen LogP contribution in [0.25, 0.3) is 11.4 Å². The molecule has 0 radical (unpaired) electrons. The SMILES string of the molecule is CNc1nc(-c2ccc3c(c2)CCN3C)nc(C)c1Br. The second-order valence-electron chi connectivity index (χ2n) is 5.06. The highest BCUT2D eigenvalue weighted by molar-refractivity contribution is 9.10. The molecule has 2 heterocycles. The number of hydrogen-bond acceptors (Lipinski definition) is 4. The highest BCUT2D eigenvalue weighted by atomic mass is 79.9. The van der Waals surface area contributed by atoms with E-state index in [4.69, 9.17) is 0 Å². The molecule has 0 amide bonds. The standard InChI is InChI=1S/C15H17BrN4/c1-9-13(16)15(17-2)19-14(18-9)11-4-5-12-10(8-11)6-7-20(12)3/h4-5,8H,6-7H2,1-3H3,(H,17,18,19). The maximum atomic E-state index is 4.58. The number of nitrogens with one attached hydrogen (secondary N) is 1. The number of halogens is 1. The summed E-state index contributed by atoms with van der Waals surface area (Å²) in [5, 5.41) is 3.10. The Morgan fingerprint density at radius 2 is 2.10 bits per heavy atom. The summed E-state index contributed by atoms with van der Waals surface area (Å²) in [6, 6.07) is 6.47. The average molecular weight is 333 g/mol. The summed E-state index contributed by atoms with van der Waals surface area (Å²) in [5.41, 5.74) is 4.71. The quantitative estimate of drug-likeness (QED) is 0.916. The maximum absolute atomic E-state index is 4.58. The van der Waals surface area contributed by atoms with Crippen molar-refractivity contribution >= 4 is 27.4 Å². The fourth-order valence-corrected chi connectivity index (χ4v) is 2.94. The van der Waals surface area contributed by atoms with Gasteiger partial charge in [0, 0.05) is 31.9 Å². The van der Waals surface area contributed by atoms with E-state index in [1.807, 2.05) is 14.0 Å². The fraction of sp³-hybridized carbons (Fsp3) is 0.333. The van der Waals surface area contributed by atoms with E-state index in [-0.39, 0.29) is 0 Å². The molecule has 0 atom stereocenters. The topological polar surface area (TPSA) is 41.1 Å². The van der Waals surface area contributed by atoms with Gasteiger partial charge in [0.1, 0.15) is 5.82 Å². The van der Waals surface area contributed by atoms with Crippen molar-refractivity contribution in [3.8, 4) is 11.4 Å². The highest BCUT2D eigenvalue weighted by Gasteiger charge is 2.17. The van der Waals surface area contributed by atoms with Crippen molar-refractivity contribution in [2.45, 2.75) is 13.3 Å². The lowest BCUT2D eigenvalue weighted by molar-refractivity contribution is 0.956. The number of benzene rings is 1. The van der Waals surface area contributed by atoms with Gasteiger partial charge in [-0.3, -0.25) is 0 Å². The van der Waals surface area contributed by atoms with Gasteiger partial charge >= 0.3 is 0 Å². The number of fused-ring (bicyclic) bond motifs is 1. The van der Waals surface area contributed by atoms with Gasteiger partial charge in [0.15, 0.2) is 5.82 Å². The summed E-state index contributed by atoms with van der Waals surface area (Å²) in [6.07, 6.45) is 1.09. The molecule has 20 heavy (non-hydrogen) atoms. The van der Waals surface area contributed by atoms with Crippen LogP contribution < -0.4 is 10.2 Å². The van der Waals surface area contributed by atoms with E-state index < -0.39 is 0 Å². The smallest absolute Gasteiger partial charge is 0.161 e. The zero-order chi connectivity index (χ0) is 14.3. The van der Waals surface area contributed by atoms with E-state index in [1.165, 1.54) is 11.3 Å². The summed E-state index contributed by atoms with van der Waals surface area (Å²) in [6.45, 7) is 3.07. The monoisotopic (exact) mass is 332 g/mol. The number of hydrogen-bond donors (Lipinski definition) is 1. The van der Waals surface area contributed by atoms with Gasteiger partial charge in [-0.15, -0.1) is 0 Å². The van der Waals surface area contributed by atoms with Crippen LogP contribution in [-0.2, 0) is 6.42 Å². The molecule has 0 aliphatic carbocycles. The highest BCUT2D eigenvalue weighted by Crippen LogP contribution is 2.32. The molecule has 5 heteroatoms.